The molecule has 1 fully saturated rings. The summed E-state index contributed by atoms with van der Waals surface area (Å²) in [6.45, 7) is 1.48. The van der Waals surface area contributed by atoms with E-state index in [0.717, 1.165) is 18.9 Å². The monoisotopic (exact) mass is 266 g/mol. The Balaban J connectivity index is 1.95. The van der Waals surface area contributed by atoms with Crippen LogP contribution >= 0.6 is 0 Å². The van der Waals surface area contributed by atoms with Crippen molar-refractivity contribution in [2.24, 2.45) is 0 Å². The Labute approximate surface area is 109 Å². The van der Waals surface area contributed by atoms with E-state index in [0.29, 0.717) is 0 Å². The molecular weight excluding hydrogens is 251 g/mol. The predicted octanol–water partition coefficient (Wildman–Crippen LogP) is 1.23. The molecule has 19 heavy (non-hydrogen) atoms. The van der Waals surface area contributed by atoms with Gasteiger partial charge in [0.1, 0.15) is 5.82 Å². The molecule has 0 saturated heterocycles. The van der Waals surface area contributed by atoms with Gasteiger partial charge in [-0.15, -0.1) is 0 Å². The number of esters is 1. The highest BCUT2D eigenvalue weighted by atomic mass is 19.1. The molecule has 0 bridgehead atoms. The smallest absolute Gasteiger partial charge is 0.339 e. The molecule has 3 N–H and O–H groups in total. The summed E-state index contributed by atoms with van der Waals surface area (Å²) in [5, 5.41) is 2.72. The number of hydrogen-bond acceptors (Lipinski definition) is 4. The molecule has 0 heterocycles. The van der Waals surface area contributed by atoms with Gasteiger partial charge in [-0.2, -0.15) is 0 Å². The van der Waals surface area contributed by atoms with Gasteiger partial charge in [0.15, 0.2) is 6.10 Å². The lowest BCUT2D eigenvalue weighted by Gasteiger charge is -2.13. The minimum Gasteiger partial charge on any atom is -0.449 e. The number of anilines is 1. The number of nitrogens with one attached hydrogen (secondary N) is 1. The van der Waals surface area contributed by atoms with Gasteiger partial charge < -0.3 is 15.8 Å². The number of carbonyl (C=O) groups excluding carboxylic acids is 2. The minimum absolute atomic E-state index is 0.0257. The van der Waals surface area contributed by atoms with Gasteiger partial charge in [0.25, 0.3) is 5.91 Å². The number of ether oxygens (including phenoxy) is 1. The summed E-state index contributed by atoms with van der Waals surface area (Å²) >= 11 is 0. The van der Waals surface area contributed by atoms with Crippen molar-refractivity contribution in [1.82, 2.24) is 5.32 Å². The highest BCUT2D eigenvalue weighted by molar-refractivity contribution is 5.92. The number of nitrogens with two attached hydrogens (primary N) is 1. The molecule has 5 nitrogen and oxygen atoms in total. The summed E-state index contributed by atoms with van der Waals surface area (Å²) in [4.78, 5) is 23.3. The normalized spacial score (nSPS) is 15.7. The Hall–Kier alpha value is -2.11. The summed E-state index contributed by atoms with van der Waals surface area (Å²) in [7, 11) is 0. The highest BCUT2D eigenvalue weighted by Crippen LogP contribution is 2.19. The molecule has 0 radical (unpaired) electrons. The van der Waals surface area contributed by atoms with E-state index >= 15 is 0 Å². The van der Waals surface area contributed by atoms with Gasteiger partial charge in [-0.25, -0.2) is 9.18 Å². The van der Waals surface area contributed by atoms with E-state index in [1.807, 2.05) is 0 Å². The molecule has 6 heteroatoms. The third-order valence-electron chi connectivity index (χ3n) is 2.81. The van der Waals surface area contributed by atoms with Crippen LogP contribution in [0.2, 0.25) is 0 Å². The maximum atomic E-state index is 13.2. The van der Waals surface area contributed by atoms with Crippen molar-refractivity contribution in [3.8, 4) is 0 Å². The van der Waals surface area contributed by atoms with Crippen LogP contribution in [-0.2, 0) is 9.53 Å². The van der Waals surface area contributed by atoms with Gasteiger partial charge in [0.05, 0.1) is 11.3 Å². The van der Waals surface area contributed by atoms with Crippen molar-refractivity contribution in [2.75, 3.05) is 5.73 Å². The molecule has 2 rings (SSSR count). The van der Waals surface area contributed by atoms with E-state index in [2.05, 4.69) is 5.32 Å². The topological polar surface area (TPSA) is 81.4 Å². The lowest BCUT2D eigenvalue weighted by atomic mass is 10.2. The van der Waals surface area contributed by atoms with Gasteiger partial charge in [0, 0.05) is 6.04 Å². The Morgan fingerprint density at radius 2 is 2.16 bits per heavy atom. The van der Waals surface area contributed by atoms with Crippen molar-refractivity contribution in [3.05, 3.63) is 29.6 Å². The molecule has 1 atom stereocenters. The molecule has 1 aliphatic rings. The number of amides is 1. The van der Waals surface area contributed by atoms with Crippen molar-refractivity contribution in [3.63, 3.8) is 0 Å². The van der Waals surface area contributed by atoms with Gasteiger partial charge >= 0.3 is 5.97 Å². The molecule has 1 unspecified atom stereocenters. The second-order valence-electron chi connectivity index (χ2n) is 4.57. The zero-order valence-corrected chi connectivity index (χ0v) is 10.5. The van der Waals surface area contributed by atoms with Crippen LogP contribution in [0.4, 0.5) is 10.1 Å². The molecular formula is C13H15FN2O3. The zero-order valence-electron chi connectivity index (χ0n) is 10.5. The Morgan fingerprint density at radius 3 is 2.74 bits per heavy atom. The number of carbonyl (C=O) groups is 2. The maximum Gasteiger partial charge on any atom is 0.339 e. The molecule has 1 amide bonds. The summed E-state index contributed by atoms with van der Waals surface area (Å²) in [6, 6.07) is 3.82. The summed E-state index contributed by atoms with van der Waals surface area (Å²) in [5.74, 6) is -1.78. The fourth-order valence-corrected chi connectivity index (χ4v) is 1.48. The van der Waals surface area contributed by atoms with E-state index in [1.165, 1.54) is 19.1 Å². The van der Waals surface area contributed by atoms with E-state index in [4.69, 9.17) is 10.5 Å². The summed E-state index contributed by atoms with van der Waals surface area (Å²) < 4.78 is 18.2. The quantitative estimate of drug-likeness (QED) is 0.634. The van der Waals surface area contributed by atoms with Crippen molar-refractivity contribution in [1.29, 1.82) is 0 Å². The van der Waals surface area contributed by atoms with Crippen molar-refractivity contribution in [2.45, 2.75) is 31.9 Å². The first kappa shape index (κ1) is 13.3. The molecule has 0 spiro atoms. The number of benzene rings is 1. The lowest BCUT2D eigenvalue weighted by Crippen LogP contribution is -2.37. The maximum absolute atomic E-state index is 13.2. The third kappa shape index (κ3) is 3.43. The number of hydrogen-bond donors (Lipinski definition) is 2. The summed E-state index contributed by atoms with van der Waals surface area (Å²) in [6.07, 6.45) is 0.999. The minimum atomic E-state index is -0.909. The molecule has 0 aromatic heterocycles. The van der Waals surface area contributed by atoms with Gasteiger partial charge in [-0.1, -0.05) is 0 Å². The van der Waals surface area contributed by atoms with Crippen LogP contribution in [0.25, 0.3) is 0 Å². The molecule has 1 aromatic carbocycles. The van der Waals surface area contributed by atoms with Crippen LogP contribution in [0, 0.1) is 5.82 Å². The SMILES string of the molecule is CC(OC(=O)c1ccc(N)c(F)c1)C(=O)NC1CC1. The van der Waals surface area contributed by atoms with Crippen molar-refractivity contribution < 1.29 is 18.7 Å². The van der Waals surface area contributed by atoms with E-state index in [9.17, 15) is 14.0 Å². The van der Waals surface area contributed by atoms with Gasteiger partial charge in [-0.3, -0.25) is 4.79 Å². The lowest BCUT2D eigenvalue weighted by molar-refractivity contribution is -0.129. The van der Waals surface area contributed by atoms with Crippen molar-refractivity contribution >= 4 is 17.6 Å². The third-order valence-corrected chi connectivity index (χ3v) is 2.81. The number of nitrogen functional groups attached to an aromatic ring is 1. The largest absolute Gasteiger partial charge is 0.449 e. The first-order valence-electron chi connectivity index (χ1n) is 6.03. The Kier molecular flexibility index (Phi) is 3.69. The first-order valence-corrected chi connectivity index (χ1v) is 6.03. The number of halogens is 1. The summed E-state index contributed by atoms with van der Waals surface area (Å²) in [5.41, 5.74) is 5.29. The van der Waals surface area contributed by atoms with Crippen LogP contribution in [0.1, 0.15) is 30.1 Å². The second kappa shape index (κ2) is 5.26. The molecule has 0 aliphatic heterocycles. The Morgan fingerprint density at radius 1 is 1.47 bits per heavy atom. The molecule has 1 saturated carbocycles. The van der Waals surface area contributed by atoms with Crippen LogP contribution in [-0.4, -0.2) is 24.0 Å². The number of rotatable bonds is 4. The average molecular weight is 266 g/mol. The zero-order chi connectivity index (χ0) is 14.0. The first-order chi connectivity index (χ1) is 8.97. The molecule has 1 aliphatic carbocycles. The fraction of sp³-hybridized carbons (Fsp3) is 0.385. The van der Waals surface area contributed by atoms with Gasteiger partial charge in [-0.05, 0) is 38.0 Å². The van der Waals surface area contributed by atoms with Crippen LogP contribution in [0.5, 0.6) is 0 Å². The van der Waals surface area contributed by atoms with E-state index < -0.39 is 17.9 Å². The van der Waals surface area contributed by atoms with Gasteiger partial charge in [0.2, 0.25) is 0 Å². The van der Waals surface area contributed by atoms with E-state index in [1.54, 1.807) is 0 Å². The van der Waals surface area contributed by atoms with Crippen LogP contribution in [0.3, 0.4) is 0 Å². The molecule has 102 valence electrons. The van der Waals surface area contributed by atoms with Crippen LogP contribution in [0.15, 0.2) is 18.2 Å². The van der Waals surface area contributed by atoms with Crippen LogP contribution < -0.4 is 11.1 Å². The second-order valence-corrected chi connectivity index (χ2v) is 4.57. The average Bonchev–Trinajstić information content (AvgIpc) is 3.16. The highest BCUT2D eigenvalue weighted by Gasteiger charge is 2.27. The fourth-order valence-electron chi connectivity index (χ4n) is 1.48. The Bertz CT molecular complexity index is 515. The standard InChI is InChI=1S/C13H15FN2O3/c1-7(12(17)16-9-3-4-9)19-13(18)8-2-5-11(15)10(14)6-8/h2,5-7,9H,3-4,15H2,1H3,(H,16,17). The molecule has 1 aromatic rings. The predicted molar refractivity (Wildman–Crippen MR) is 66.9 cm³/mol. The van der Waals surface area contributed by atoms with E-state index in [-0.39, 0.29) is 23.2 Å².